The molecule has 2 amide bonds. The first-order chi connectivity index (χ1) is 11.0. The van der Waals surface area contributed by atoms with Gasteiger partial charge in [-0.2, -0.15) is 5.26 Å². The molecule has 2 N–H and O–H groups in total. The van der Waals surface area contributed by atoms with Gasteiger partial charge in [0, 0.05) is 11.1 Å². The maximum absolute atomic E-state index is 12.4. The van der Waals surface area contributed by atoms with E-state index in [1.165, 1.54) is 6.07 Å². The number of hydrogen-bond donors (Lipinski definition) is 2. The zero-order valence-corrected chi connectivity index (χ0v) is 14.0. The number of nitriles is 1. The van der Waals surface area contributed by atoms with Crippen molar-refractivity contribution in [3.8, 4) is 6.07 Å². The van der Waals surface area contributed by atoms with E-state index in [-0.39, 0.29) is 35.3 Å². The average molecular weight is 354 g/mol. The number of amides is 2. The van der Waals surface area contributed by atoms with E-state index in [9.17, 15) is 9.59 Å². The van der Waals surface area contributed by atoms with Crippen LogP contribution in [0, 0.1) is 17.2 Å². The molecule has 0 spiro atoms. The van der Waals surface area contributed by atoms with Gasteiger partial charge in [0.25, 0.3) is 5.91 Å². The van der Waals surface area contributed by atoms with Gasteiger partial charge in [-0.15, -0.1) is 0 Å². The first-order valence-electron chi connectivity index (χ1n) is 7.43. The first-order valence-corrected chi connectivity index (χ1v) is 8.19. The lowest BCUT2D eigenvalue weighted by molar-refractivity contribution is -0.126. The van der Waals surface area contributed by atoms with Crippen molar-refractivity contribution in [2.45, 2.75) is 31.7 Å². The van der Waals surface area contributed by atoms with E-state index in [2.05, 4.69) is 10.6 Å². The second-order valence-electron chi connectivity index (χ2n) is 5.47. The van der Waals surface area contributed by atoms with Crippen molar-refractivity contribution in [1.82, 2.24) is 10.6 Å². The third-order valence-electron chi connectivity index (χ3n) is 3.94. The fourth-order valence-corrected chi connectivity index (χ4v) is 3.29. The Morgan fingerprint density at radius 3 is 2.70 bits per heavy atom. The summed E-state index contributed by atoms with van der Waals surface area (Å²) in [6.07, 6.45) is 3.29. The highest BCUT2D eigenvalue weighted by atomic mass is 35.5. The van der Waals surface area contributed by atoms with E-state index in [0.29, 0.717) is 17.0 Å². The van der Waals surface area contributed by atoms with E-state index in [1.807, 2.05) is 6.07 Å². The monoisotopic (exact) mass is 353 g/mol. The van der Waals surface area contributed by atoms with Crippen LogP contribution >= 0.6 is 23.2 Å². The largest absolute Gasteiger partial charge is 0.348 e. The summed E-state index contributed by atoms with van der Waals surface area (Å²) in [4.78, 5) is 24.5. The van der Waals surface area contributed by atoms with E-state index < -0.39 is 0 Å². The smallest absolute Gasteiger partial charge is 0.253 e. The minimum Gasteiger partial charge on any atom is -0.348 e. The van der Waals surface area contributed by atoms with E-state index >= 15 is 0 Å². The van der Waals surface area contributed by atoms with Crippen molar-refractivity contribution in [1.29, 1.82) is 5.26 Å². The van der Waals surface area contributed by atoms with Crippen molar-refractivity contribution in [3.63, 3.8) is 0 Å². The van der Waals surface area contributed by atoms with Crippen molar-refractivity contribution in [3.05, 3.63) is 33.8 Å². The summed E-state index contributed by atoms with van der Waals surface area (Å²) in [5.41, 5.74) is 0.331. The highest BCUT2D eigenvalue weighted by Crippen LogP contribution is 2.26. The van der Waals surface area contributed by atoms with Crippen LogP contribution in [0.4, 0.5) is 0 Å². The number of carbonyl (C=O) groups is 2. The van der Waals surface area contributed by atoms with Crippen LogP contribution in [0.3, 0.4) is 0 Å². The van der Waals surface area contributed by atoms with Gasteiger partial charge in [-0.05, 0) is 31.0 Å². The summed E-state index contributed by atoms with van der Waals surface area (Å²) in [5.74, 6) is -0.845. The minimum absolute atomic E-state index is 0.0288. The van der Waals surface area contributed by atoms with Gasteiger partial charge in [-0.25, -0.2) is 0 Å². The van der Waals surface area contributed by atoms with Gasteiger partial charge in [0.05, 0.1) is 22.6 Å². The minimum atomic E-state index is -0.327. The van der Waals surface area contributed by atoms with Crippen molar-refractivity contribution in [2.75, 3.05) is 6.54 Å². The zero-order valence-electron chi connectivity index (χ0n) is 12.4. The number of benzene rings is 1. The number of rotatable bonds is 4. The molecular formula is C16H17Cl2N3O2. The second kappa shape index (κ2) is 8.19. The Bertz CT molecular complexity index is 643. The van der Waals surface area contributed by atoms with Crippen LogP contribution in [-0.2, 0) is 4.79 Å². The lowest BCUT2D eigenvalue weighted by Crippen LogP contribution is -2.48. The SMILES string of the molecule is N#CCNC(=O)C1CCCCC1NC(=O)c1ccc(Cl)cc1Cl. The molecule has 1 saturated carbocycles. The van der Waals surface area contributed by atoms with Crippen LogP contribution in [0.15, 0.2) is 18.2 Å². The van der Waals surface area contributed by atoms with Crippen molar-refractivity contribution >= 4 is 35.0 Å². The van der Waals surface area contributed by atoms with E-state index in [1.54, 1.807) is 12.1 Å². The Labute approximate surface area is 144 Å². The predicted octanol–water partition coefficient (Wildman–Crippen LogP) is 2.92. The maximum atomic E-state index is 12.4. The van der Waals surface area contributed by atoms with Gasteiger partial charge in [0.2, 0.25) is 5.91 Å². The van der Waals surface area contributed by atoms with Gasteiger partial charge < -0.3 is 10.6 Å². The molecule has 23 heavy (non-hydrogen) atoms. The van der Waals surface area contributed by atoms with Crippen LogP contribution < -0.4 is 10.6 Å². The Kier molecular flexibility index (Phi) is 6.26. The number of nitrogens with zero attached hydrogens (tertiary/aromatic N) is 1. The maximum Gasteiger partial charge on any atom is 0.253 e. The molecule has 7 heteroatoms. The number of carbonyl (C=O) groups excluding carboxylic acids is 2. The molecule has 1 aromatic rings. The van der Waals surface area contributed by atoms with Crippen molar-refractivity contribution in [2.24, 2.45) is 5.92 Å². The van der Waals surface area contributed by atoms with Crippen molar-refractivity contribution < 1.29 is 9.59 Å². The van der Waals surface area contributed by atoms with E-state index in [4.69, 9.17) is 28.5 Å². The molecule has 1 aliphatic carbocycles. The summed E-state index contributed by atoms with van der Waals surface area (Å²) in [5, 5.41) is 14.8. The van der Waals surface area contributed by atoms with Gasteiger partial charge in [0.1, 0.15) is 6.54 Å². The molecule has 2 rings (SSSR count). The molecule has 1 aromatic carbocycles. The molecule has 2 unspecified atom stereocenters. The molecule has 0 aliphatic heterocycles. The van der Waals surface area contributed by atoms with E-state index in [0.717, 1.165) is 19.3 Å². The molecular weight excluding hydrogens is 337 g/mol. The summed E-state index contributed by atoms with van der Waals surface area (Å²) in [6, 6.07) is 6.29. The van der Waals surface area contributed by atoms with Gasteiger partial charge in [-0.3, -0.25) is 9.59 Å². The lowest BCUT2D eigenvalue weighted by atomic mass is 9.83. The lowest BCUT2D eigenvalue weighted by Gasteiger charge is -2.31. The van der Waals surface area contributed by atoms with Gasteiger partial charge in [-0.1, -0.05) is 36.0 Å². The Balaban J connectivity index is 2.07. The predicted molar refractivity (Wildman–Crippen MR) is 88.3 cm³/mol. The first kappa shape index (κ1) is 17.6. The molecule has 0 aromatic heterocycles. The average Bonchev–Trinajstić information content (AvgIpc) is 2.53. The fourth-order valence-electron chi connectivity index (χ4n) is 2.79. The molecule has 1 aliphatic rings. The Morgan fingerprint density at radius 2 is 2.00 bits per heavy atom. The molecule has 0 saturated heterocycles. The number of halogens is 2. The summed E-state index contributed by atoms with van der Waals surface area (Å²) in [7, 11) is 0. The van der Waals surface area contributed by atoms with Crippen LogP contribution in [0.25, 0.3) is 0 Å². The molecule has 0 bridgehead atoms. The third kappa shape index (κ3) is 4.60. The number of nitrogens with one attached hydrogen (secondary N) is 2. The molecule has 0 radical (unpaired) electrons. The topological polar surface area (TPSA) is 82.0 Å². The highest BCUT2D eigenvalue weighted by molar-refractivity contribution is 6.36. The van der Waals surface area contributed by atoms with Crippen LogP contribution in [0.1, 0.15) is 36.0 Å². The van der Waals surface area contributed by atoms with Gasteiger partial charge >= 0.3 is 0 Å². The summed E-state index contributed by atoms with van der Waals surface area (Å²) in [6.45, 7) is -0.0288. The standard InChI is InChI=1S/C16H17Cl2N3O2/c17-10-5-6-11(13(18)9-10)16(23)21-14-4-2-1-3-12(14)15(22)20-8-7-19/h5-6,9,12,14H,1-4,8H2,(H,20,22)(H,21,23). The summed E-state index contributed by atoms with van der Waals surface area (Å²) < 4.78 is 0. The number of hydrogen-bond acceptors (Lipinski definition) is 3. The Morgan fingerprint density at radius 1 is 1.26 bits per heavy atom. The van der Waals surface area contributed by atoms with Crippen LogP contribution in [0.5, 0.6) is 0 Å². The molecule has 0 heterocycles. The highest BCUT2D eigenvalue weighted by Gasteiger charge is 2.32. The quantitative estimate of drug-likeness (QED) is 0.816. The normalized spacial score (nSPS) is 20.4. The molecule has 2 atom stereocenters. The second-order valence-corrected chi connectivity index (χ2v) is 6.31. The zero-order chi connectivity index (χ0) is 16.8. The molecule has 122 valence electrons. The van der Waals surface area contributed by atoms with Gasteiger partial charge in [0.15, 0.2) is 0 Å². The molecule has 1 fully saturated rings. The summed E-state index contributed by atoms with van der Waals surface area (Å²) >= 11 is 11.9. The molecule has 5 nitrogen and oxygen atoms in total. The Hall–Kier alpha value is -1.77. The van der Waals surface area contributed by atoms with Crippen LogP contribution in [-0.4, -0.2) is 24.4 Å². The van der Waals surface area contributed by atoms with Crippen LogP contribution in [0.2, 0.25) is 10.0 Å². The third-order valence-corrected chi connectivity index (χ3v) is 4.48. The fraction of sp³-hybridized carbons (Fsp3) is 0.438.